The van der Waals surface area contributed by atoms with Gasteiger partial charge in [-0.1, -0.05) is 24.3 Å². The number of aromatic nitrogens is 1. The minimum Gasteiger partial charge on any atom is -0.400 e. The third kappa shape index (κ3) is 7.42. The number of pyridine rings is 1. The molecule has 3 aromatic rings. The van der Waals surface area contributed by atoms with Gasteiger partial charge >= 0.3 is 0 Å². The summed E-state index contributed by atoms with van der Waals surface area (Å²) in [6, 6.07) is 17.8. The molecule has 0 unspecified atom stereocenters. The molecule has 35 heavy (non-hydrogen) atoms. The van der Waals surface area contributed by atoms with Crippen molar-refractivity contribution in [1.29, 1.82) is 0 Å². The van der Waals surface area contributed by atoms with Gasteiger partial charge in [-0.15, -0.1) is 0 Å². The summed E-state index contributed by atoms with van der Waals surface area (Å²) in [5.41, 5.74) is 3.78. The SMILES string of the molecule is CO.O=C(NCc1cccc(C(=O)NC2CCC(F)(F)CC2)c1)c1ccc(-c2ccncc2)cc1. The second kappa shape index (κ2) is 12.2. The maximum absolute atomic E-state index is 13.3. The lowest BCUT2D eigenvalue weighted by Gasteiger charge is -2.28. The van der Waals surface area contributed by atoms with Crippen LogP contribution in [0.25, 0.3) is 11.1 Å². The van der Waals surface area contributed by atoms with Gasteiger partial charge in [-0.3, -0.25) is 14.6 Å². The fourth-order valence-electron chi connectivity index (χ4n) is 3.92. The summed E-state index contributed by atoms with van der Waals surface area (Å²) < 4.78 is 26.6. The molecule has 1 aliphatic rings. The van der Waals surface area contributed by atoms with Gasteiger partial charge in [-0.2, -0.15) is 0 Å². The third-order valence-corrected chi connectivity index (χ3v) is 5.86. The number of aliphatic hydroxyl groups is 1. The van der Waals surface area contributed by atoms with E-state index in [0.29, 0.717) is 11.1 Å². The molecule has 6 nitrogen and oxygen atoms in total. The number of amides is 2. The van der Waals surface area contributed by atoms with E-state index >= 15 is 0 Å². The highest BCUT2D eigenvalue weighted by Crippen LogP contribution is 2.33. The van der Waals surface area contributed by atoms with Gasteiger partial charge in [0.15, 0.2) is 0 Å². The fraction of sp³-hybridized carbons (Fsp3) is 0.296. The molecule has 1 heterocycles. The lowest BCUT2D eigenvalue weighted by molar-refractivity contribution is -0.0399. The van der Waals surface area contributed by atoms with E-state index in [2.05, 4.69) is 15.6 Å². The van der Waals surface area contributed by atoms with E-state index in [0.717, 1.165) is 23.8 Å². The highest BCUT2D eigenvalue weighted by atomic mass is 19.3. The first kappa shape index (κ1) is 26.0. The van der Waals surface area contributed by atoms with E-state index in [1.54, 1.807) is 42.7 Å². The topological polar surface area (TPSA) is 91.3 Å². The Morgan fingerprint density at radius 2 is 1.54 bits per heavy atom. The van der Waals surface area contributed by atoms with Crippen molar-refractivity contribution in [3.05, 3.63) is 89.7 Å². The molecule has 1 fully saturated rings. The molecule has 1 aliphatic carbocycles. The van der Waals surface area contributed by atoms with Crippen LogP contribution in [0.15, 0.2) is 73.1 Å². The van der Waals surface area contributed by atoms with E-state index in [9.17, 15) is 18.4 Å². The number of aliphatic hydroxyl groups excluding tert-OH is 1. The number of halogens is 2. The zero-order valence-corrected chi connectivity index (χ0v) is 19.5. The Labute approximate surface area is 203 Å². The second-order valence-corrected chi connectivity index (χ2v) is 8.30. The Morgan fingerprint density at radius 1 is 0.914 bits per heavy atom. The third-order valence-electron chi connectivity index (χ3n) is 5.86. The Hall–Kier alpha value is -3.65. The Kier molecular flexibility index (Phi) is 9.03. The molecule has 2 amide bonds. The summed E-state index contributed by atoms with van der Waals surface area (Å²) in [5, 5.41) is 12.7. The van der Waals surface area contributed by atoms with E-state index in [-0.39, 0.29) is 50.1 Å². The maximum Gasteiger partial charge on any atom is 0.251 e. The van der Waals surface area contributed by atoms with Crippen LogP contribution in [-0.4, -0.2) is 41.0 Å². The van der Waals surface area contributed by atoms with Crippen LogP contribution in [0.1, 0.15) is 52.0 Å². The number of carbonyl (C=O) groups excluding carboxylic acids is 2. The van der Waals surface area contributed by atoms with Crippen molar-refractivity contribution in [3.8, 4) is 11.1 Å². The number of nitrogens with zero attached hydrogens (tertiary/aromatic N) is 1. The number of carbonyl (C=O) groups is 2. The summed E-state index contributed by atoms with van der Waals surface area (Å²) in [6.07, 6.45) is 3.58. The largest absolute Gasteiger partial charge is 0.400 e. The highest BCUT2D eigenvalue weighted by Gasteiger charge is 2.35. The molecule has 3 N–H and O–H groups in total. The van der Waals surface area contributed by atoms with E-state index in [4.69, 9.17) is 5.11 Å². The molecule has 184 valence electrons. The number of nitrogens with one attached hydrogen (secondary N) is 2. The number of alkyl halides is 2. The Balaban J connectivity index is 0.00000167. The van der Waals surface area contributed by atoms with Crippen LogP contribution in [0, 0.1) is 0 Å². The first-order valence-electron chi connectivity index (χ1n) is 11.4. The highest BCUT2D eigenvalue weighted by molar-refractivity contribution is 5.95. The average molecular weight is 482 g/mol. The van der Waals surface area contributed by atoms with Gasteiger partial charge in [0, 0.05) is 56.1 Å². The second-order valence-electron chi connectivity index (χ2n) is 8.30. The van der Waals surface area contributed by atoms with Crippen LogP contribution < -0.4 is 10.6 Å². The first-order chi connectivity index (χ1) is 16.9. The lowest BCUT2D eigenvalue weighted by Crippen LogP contribution is -2.40. The smallest absolute Gasteiger partial charge is 0.251 e. The normalized spacial score (nSPS) is 14.9. The van der Waals surface area contributed by atoms with Crippen molar-refractivity contribution in [2.45, 2.75) is 44.2 Å². The molecule has 1 saturated carbocycles. The van der Waals surface area contributed by atoms with Crippen LogP contribution >= 0.6 is 0 Å². The molecule has 0 saturated heterocycles. The monoisotopic (exact) mass is 481 g/mol. The van der Waals surface area contributed by atoms with Crippen LogP contribution in [0.5, 0.6) is 0 Å². The number of rotatable bonds is 6. The average Bonchev–Trinajstić information content (AvgIpc) is 2.90. The molecule has 4 rings (SSSR count). The zero-order chi connectivity index (χ0) is 25.3. The summed E-state index contributed by atoms with van der Waals surface area (Å²) in [7, 11) is 1.00. The van der Waals surface area contributed by atoms with Crippen LogP contribution in [0.4, 0.5) is 8.78 Å². The van der Waals surface area contributed by atoms with Crippen molar-refractivity contribution < 1.29 is 23.5 Å². The maximum atomic E-state index is 13.3. The number of hydrogen-bond donors (Lipinski definition) is 3. The van der Waals surface area contributed by atoms with E-state index < -0.39 is 5.92 Å². The molecule has 0 radical (unpaired) electrons. The minimum absolute atomic E-state index is 0.201. The Morgan fingerprint density at radius 3 is 2.20 bits per heavy atom. The first-order valence-corrected chi connectivity index (χ1v) is 11.4. The molecule has 2 aromatic carbocycles. The summed E-state index contributed by atoms with van der Waals surface area (Å²) in [4.78, 5) is 29.1. The van der Waals surface area contributed by atoms with Crippen molar-refractivity contribution in [2.75, 3.05) is 7.11 Å². The van der Waals surface area contributed by atoms with Gasteiger partial charge in [-0.05, 0) is 65.9 Å². The molecule has 0 spiro atoms. The van der Waals surface area contributed by atoms with Gasteiger partial charge in [0.05, 0.1) is 0 Å². The lowest BCUT2D eigenvalue weighted by atomic mass is 9.92. The van der Waals surface area contributed by atoms with Crippen molar-refractivity contribution >= 4 is 11.8 Å². The molecule has 1 aromatic heterocycles. The van der Waals surface area contributed by atoms with Crippen molar-refractivity contribution in [1.82, 2.24) is 15.6 Å². The quantitative estimate of drug-likeness (QED) is 0.480. The van der Waals surface area contributed by atoms with Crippen molar-refractivity contribution in [2.24, 2.45) is 0 Å². The number of hydrogen-bond acceptors (Lipinski definition) is 4. The summed E-state index contributed by atoms with van der Waals surface area (Å²) >= 11 is 0. The summed E-state index contributed by atoms with van der Waals surface area (Å²) in [5.74, 6) is -3.13. The van der Waals surface area contributed by atoms with Gasteiger partial charge in [0.2, 0.25) is 5.92 Å². The molecular formula is C27H29F2N3O3. The van der Waals surface area contributed by atoms with Gasteiger partial charge in [-0.25, -0.2) is 8.78 Å². The van der Waals surface area contributed by atoms with Gasteiger partial charge in [0.1, 0.15) is 0 Å². The molecule has 0 aliphatic heterocycles. The van der Waals surface area contributed by atoms with Crippen LogP contribution in [0.2, 0.25) is 0 Å². The van der Waals surface area contributed by atoms with Gasteiger partial charge in [0.25, 0.3) is 11.8 Å². The zero-order valence-electron chi connectivity index (χ0n) is 19.5. The standard InChI is InChI=1S/C26H25F2N3O2.CH4O/c27-26(28)12-8-23(9-13-26)31-25(33)22-3-1-2-18(16-22)17-30-24(32)21-6-4-19(5-7-21)20-10-14-29-15-11-20;1-2/h1-7,10-11,14-16,23H,8-9,12-13,17H2,(H,30,32)(H,31,33);2H,1H3. The predicted octanol–water partition coefficient (Wildman–Crippen LogP) is 4.59. The van der Waals surface area contributed by atoms with Crippen LogP contribution in [-0.2, 0) is 6.54 Å². The van der Waals surface area contributed by atoms with Crippen molar-refractivity contribution in [3.63, 3.8) is 0 Å². The molecular weight excluding hydrogens is 452 g/mol. The Bertz CT molecular complexity index is 1110. The predicted molar refractivity (Wildman–Crippen MR) is 130 cm³/mol. The van der Waals surface area contributed by atoms with Crippen LogP contribution in [0.3, 0.4) is 0 Å². The van der Waals surface area contributed by atoms with E-state index in [1.807, 2.05) is 30.3 Å². The van der Waals surface area contributed by atoms with E-state index in [1.165, 1.54) is 0 Å². The fourth-order valence-corrected chi connectivity index (χ4v) is 3.92. The molecule has 0 atom stereocenters. The number of benzene rings is 2. The molecule has 8 heteroatoms. The van der Waals surface area contributed by atoms with Gasteiger partial charge < -0.3 is 15.7 Å². The molecule has 0 bridgehead atoms. The minimum atomic E-state index is -2.63. The summed E-state index contributed by atoms with van der Waals surface area (Å²) in [6.45, 7) is 0.266.